The molecule has 0 radical (unpaired) electrons. The lowest BCUT2D eigenvalue weighted by Gasteiger charge is -2.40. The molecule has 0 aromatic carbocycles. The Kier molecular flexibility index (Phi) is 4.95. The molecular formula is C16H30N2O2. The Morgan fingerprint density at radius 2 is 1.70 bits per heavy atom. The molecule has 4 heteroatoms. The highest BCUT2D eigenvalue weighted by atomic mass is 16.6. The summed E-state index contributed by atoms with van der Waals surface area (Å²) in [5.41, 5.74) is 5.88. The van der Waals surface area contributed by atoms with Gasteiger partial charge in [-0.3, -0.25) is 0 Å². The fraction of sp³-hybridized carbons (Fsp3) is 0.938. The van der Waals surface area contributed by atoms with Gasteiger partial charge in [-0.05, 0) is 58.3 Å². The van der Waals surface area contributed by atoms with E-state index in [1.807, 2.05) is 25.7 Å². The number of likely N-dealkylation sites (tertiary alicyclic amines) is 1. The number of carbonyl (C=O) groups is 1. The Balaban J connectivity index is 1.81. The first-order chi connectivity index (χ1) is 9.37. The standard InChI is InChI=1S/C16H30N2O2/c1-16(2,3)20-15(19)18-10-8-12(9-11-18)13-6-4-5-7-14(13)17/h12-14H,4-11,17H2,1-3H3/t13-,14+/m0/s1. The van der Waals surface area contributed by atoms with Crippen LogP contribution in [-0.2, 0) is 4.74 Å². The second kappa shape index (κ2) is 6.33. The number of ether oxygens (including phenoxy) is 1. The van der Waals surface area contributed by atoms with E-state index in [0.717, 1.165) is 25.9 Å². The van der Waals surface area contributed by atoms with E-state index in [2.05, 4.69) is 0 Å². The van der Waals surface area contributed by atoms with Crippen LogP contribution in [0.2, 0.25) is 0 Å². The van der Waals surface area contributed by atoms with Gasteiger partial charge >= 0.3 is 6.09 Å². The Hall–Kier alpha value is -0.770. The molecule has 116 valence electrons. The van der Waals surface area contributed by atoms with Gasteiger partial charge in [0.15, 0.2) is 0 Å². The van der Waals surface area contributed by atoms with E-state index in [-0.39, 0.29) is 6.09 Å². The van der Waals surface area contributed by atoms with Crippen LogP contribution in [0.15, 0.2) is 0 Å². The van der Waals surface area contributed by atoms with Gasteiger partial charge in [0.25, 0.3) is 0 Å². The van der Waals surface area contributed by atoms with Crippen LogP contribution in [0.25, 0.3) is 0 Å². The third kappa shape index (κ3) is 4.11. The van der Waals surface area contributed by atoms with Crippen molar-refractivity contribution in [3.63, 3.8) is 0 Å². The minimum atomic E-state index is -0.403. The summed E-state index contributed by atoms with van der Waals surface area (Å²) in [5.74, 6) is 1.37. The van der Waals surface area contributed by atoms with Crippen LogP contribution in [0.5, 0.6) is 0 Å². The van der Waals surface area contributed by atoms with Crippen LogP contribution in [0.4, 0.5) is 4.79 Å². The van der Waals surface area contributed by atoms with Gasteiger partial charge in [-0.1, -0.05) is 12.8 Å². The zero-order valence-electron chi connectivity index (χ0n) is 13.2. The lowest BCUT2D eigenvalue weighted by molar-refractivity contribution is 0.0142. The molecule has 1 aliphatic heterocycles. The van der Waals surface area contributed by atoms with Crippen molar-refractivity contribution in [2.75, 3.05) is 13.1 Å². The first-order valence-electron chi connectivity index (χ1n) is 8.10. The van der Waals surface area contributed by atoms with E-state index in [1.165, 1.54) is 25.7 Å². The average molecular weight is 282 g/mol. The zero-order valence-corrected chi connectivity index (χ0v) is 13.2. The Morgan fingerprint density at radius 3 is 2.25 bits per heavy atom. The van der Waals surface area contributed by atoms with E-state index in [9.17, 15) is 4.79 Å². The Bertz CT molecular complexity index is 330. The molecule has 2 aliphatic rings. The summed E-state index contributed by atoms with van der Waals surface area (Å²) in [6, 6.07) is 0.377. The second-order valence-corrected chi connectivity index (χ2v) is 7.42. The van der Waals surface area contributed by atoms with Crippen molar-refractivity contribution in [1.82, 2.24) is 4.90 Å². The minimum absolute atomic E-state index is 0.163. The summed E-state index contributed by atoms with van der Waals surface area (Å²) < 4.78 is 5.44. The highest BCUT2D eigenvalue weighted by molar-refractivity contribution is 5.68. The summed E-state index contributed by atoms with van der Waals surface area (Å²) in [5, 5.41) is 0. The van der Waals surface area contributed by atoms with Crippen molar-refractivity contribution in [1.29, 1.82) is 0 Å². The number of rotatable bonds is 1. The molecule has 1 saturated heterocycles. The molecule has 20 heavy (non-hydrogen) atoms. The van der Waals surface area contributed by atoms with Crippen LogP contribution in [0, 0.1) is 11.8 Å². The maximum absolute atomic E-state index is 12.0. The molecule has 0 spiro atoms. The van der Waals surface area contributed by atoms with E-state index in [1.54, 1.807) is 0 Å². The molecule has 1 saturated carbocycles. The smallest absolute Gasteiger partial charge is 0.410 e. The molecule has 2 N–H and O–H groups in total. The summed E-state index contributed by atoms with van der Waals surface area (Å²) >= 11 is 0. The number of nitrogens with two attached hydrogens (primary N) is 1. The molecule has 0 aromatic rings. The summed E-state index contributed by atoms with van der Waals surface area (Å²) in [6.45, 7) is 7.39. The molecule has 2 rings (SSSR count). The number of hydrogen-bond donors (Lipinski definition) is 1. The molecule has 0 aromatic heterocycles. The fourth-order valence-electron chi connectivity index (χ4n) is 3.61. The zero-order chi connectivity index (χ0) is 14.8. The summed E-state index contributed by atoms with van der Waals surface area (Å²) in [6.07, 6.45) is 7.06. The molecule has 0 unspecified atom stereocenters. The van der Waals surface area contributed by atoms with Crippen molar-refractivity contribution in [2.45, 2.75) is 70.9 Å². The van der Waals surface area contributed by atoms with Gasteiger partial charge in [0.1, 0.15) is 5.60 Å². The predicted octanol–water partition coefficient (Wildman–Crippen LogP) is 3.15. The van der Waals surface area contributed by atoms with Gasteiger partial charge in [-0.15, -0.1) is 0 Å². The van der Waals surface area contributed by atoms with E-state index < -0.39 is 5.60 Å². The SMILES string of the molecule is CC(C)(C)OC(=O)N1CCC([C@@H]2CCCC[C@H]2N)CC1. The summed E-state index contributed by atoms with van der Waals surface area (Å²) in [4.78, 5) is 13.9. The van der Waals surface area contributed by atoms with Crippen molar-refractivity contribution < 1.29 is 9.53 Å². The maximum Gasteiger partial charge on any atom is 0.410 e. The monoisotopic (exact) mass is 282 g/mol. The van der Waals surface area contributed by atoms with Gasteiger partial charge in [0, 0.05) is 19.1 Å². The Labute approximate surface area is 123 Å². The highest BCUT2D eigenvalue weighted by Gasteiger charge is 2.34. The Morgan fingerprint density at radius 1 is 1.10 bits per heavy atom. The van der Waals surface area contributed by atoms with Gasteiger partial charge in [0.2, 0.25) is 0 Å². The second-order valence-electron chi connectivity index (χ2n) is 7.42. The van der Waals surface area contributed by atoms with Crippen molar-refractivity contribution in [3.05, 3.63) is 0 Å². The topological polar surface area (TPSA) is 55.6 Å². The fourth-order valence-corrected chi connectivity index (χ4v) is 3.61. The molecule has 0 bridgehead atoms. The largest absolute Gasteiger partial charge is 0.444 e. The quantitative estimate of drug-likeness (QED) is 0.803. The molecular weight excluding hydrogens is 252 g/mol. The molecule has 2 atom stereocenters. The molecule has 1 heterocycles. The lowest BCUT2D eigenvalue weighted by Crippen LogP contribution is -2.46. The molecule has 1 amide bonds. The van der Waals surface area contributed by atoms with E-state index >= 15 is 0 Å². The minimum Gasteiger partial charge on any atom is -0.444 e. The molecule has 2 fully saturated rings. The van der Waals surface area contributed by atoms with Crippen molar-refractivity contribution >= 4 is 6.09 Å². The third-order valence-corrected chi connectivity index (χ3v) is 4.67. The number of carbonyl (C=O) groups excluding carboxylic acids is 1. The molecule has 1 aliphatic carbocycles. The lowest BCUT2D eigenvalue weighted by atomic mass is 9.73. The van der Waals surface area contributed by atoms with Crippen LogP contribution < -0.4 is 5.73 Å². The van der Waals surface area contributed by atoms with Gasteiger partial charge in [-0.2, -0.15) is 0 Å². The van der Waals surface area contributed by atoms with Crippen LogP contribution in [-0.4, -0.2) is 35.7 Å². The van der Waals surface area contributed by atoms with Gasteiger partial charge in [-0.25, -0.2) is 4.79 Å². The third-order valence-electron chi connectivity index (χ3n) is 4.67. The number of piperidine rings is 1. The summed E-state index contributed by atoms with van der Waals surface area (Å²) in [7, 11) is 0. The number of hydrogen-bond acceptors (Lipinski definition) is 3. The molecule has 4 nitrogen and oxygen atoms in total. The van der Waals surface area contributed by atoms with E-state index in [4.69, 9.17) is 10.5 Å². The average Bonchev–Trinajstić information content (AvgIpc) is 2.37. The van der Waals surface area contributed by atoms with Crippen LogP contribution >= 0.6 is 0 Å². The maximum atomic E-state index is 12.0. The van der Waals surface area contributed by atoms with Crippen LogP contribution in [0.1, 0.15) is 59.3 Å². The van der Waals surface area contributed by atoms with E-state index in [0.29, 0.717) is 17.9 Å². The van der Waals surface area contributed by atoms with Crippen molar-refractivity contribution in [3.8, 4) is 0 Å². The first-order valence-corrected chi connectivity index (χ1v) is 8.10. The predicted molar refractivity (Wildman–Crippen MR) is 80.5 cm³/mol. The number of nitrogens with zero attached hydrogens (tertiary/aromatic N) is 1. The van der Waals surface area contributed by atoms with Gasteiger partial charge < -0.3 is 15.4 Å². The van der Waals surface area contributed by atoms with Crippen molar-refractivity contribution in [2.24, 2.45) is 17.6 Å². The highest BCUT2D eigenvalue weighted by Crippen LogP contribution is 2.35. The first kappa shape index (κ1) is 15.6. The normalized spacial score (nSPS) is 29.3. The number of amides is 1. The van der Waals surface area contributed by atoms with Crippen LogP contribution in [0.3, 0.4) is 0 Å². The van der Waals surface area contributed by atoms with Gasteiger partial charge in [0.05, 0.1) is 0 Å².